The van der Waals surface area contributed by atoms with Crippen molar-refractivity contribution in [2.45, 2.75) is 32.7 Å². The van der Waals surface area contributed by atoms with Gasteiger partial charge in [0.25, 0.3) is 0 Å². The Labute approximate surface area is 149 Å². The summed E-state index contributed by atoms with van der Waals surface area (Å²) in [7, 11) is 0. The fourth-order valence-corrected chi connectivity index (χ4v) is 3.20. The van der Waals surface area contributed by atoms with Gasteiger partial charge in [0.1, 0.15) is 0 Å². The number of ether oxygens (including phenoxy) is 1. The molecule has 0 atom stereocenters. The quantitative estimate of drug-likeness (QED) is 0.489. The van der Waals surface area contributed by atoms with Gasteiger partial charge in [0.15, 0.2) is 5.65 Å². The summed E-state index contributed by atoms with van der Waals surface area (Å²) in [6, 6.07) is 7.85. The summed E-state index contributed by atoms with van der Waals surface area (Å²) >= 11 is 1.57. The van der Waals surface area contributed by atoms with E-state index in [1.807, 2.05) is 37.4 Å². The number of pyridine rings is 1. The van der Waals surface area contributed by atoms with Crippen molar-refractivity contribution in [2.24, 2.45) is 0 Å². The minimum atomic E-state index is -0.411. The number of esters is 1. The molecule has 3 rings (SSSR count). The molecule has 0 spiro atoms. The third-order valence-electron chi connectivity index (χ3n) is 3.72. The maximum absolute atomic E-state index is 12.6. The maximum atomic E-state index is 12.6. The first-order valence-electron chi connectivity index (χ1n) is 8.08. The number of hydrogen-bond donors (Lipinski definition) is 0. The molecule has 7 heteroatoms. The predicted molar refractivity (Wildman–Crippen MR) is 96.4 cm³/mol. The molecule has 0 saturated heterocycles. The standard InChI is InChI=1S/C18H18N4O2S/c1-12(2)22-17-14(11-20-22)13(18(23)24-8-4-3-7-19)10-15(21-17)16-6-5-9-25-16/h5-6,9-12H,3-4,8H2,1-2H3. The Hall–Kier alpha value is -2.72. The first-order chi connectivity index (χ1) is 12.1. The zero-order valence-electron chi connectivity index (χ0n) is 14.1. The van der Waals surface area contributed by atoms with Crippen molar-refractivity contribution in [2.75, 3.05) is 6.61 Å². The lowest BCUT2D eigenvalue weighted by atomic mass is 10.1. The molecular formula is C18H18N4O2S. The van der Waals surface area contributed by atoms with Gasteiger partial charge in [0.05, 0.1) is 40.4 Å². The summed E-state index contributed by atoms with van der Waals surface area (Å²) in [5.41, 5.74) is 1.86. The van der Waals surface area contributed by atoms with Crippen molar-refractivity contribution < 1.29 is 9.53 Å². The normalized spacial score (nSPS) is 11.0. The van der Waals surface area contributed by atoms with Crippen LogP contribution in [0, 0.1) is 11.3 Å². The summed E-state index contributed by atoms with van der Waals surface area (Å²) in [4.78, 5) is 18.3. The van der Waals surface area contributed by atoms with Crippen LogP contribution in [0.15, 0.2) is 29.8 Å². The Morgan fingerprint density at radius 1 is 1.48 bits per heavy atom. The van der Waals surface area contributed by atoms with Crippen LogP contribution < -0.4 is 0 Å². The second-order valence-electron chi connectivity index (χ2n) is 5.85. The monoisotopic (exact) mass is 354 g/mol. The number of hydrogen-bond acceptors (Lipinski definition) is 6. The fraction of sp³-hybridized carbons (Fsp3) is 0.333. The topological polar surface area (TPSA) is 80.8 Å². The van der Waals surface area contributed by atoms with Crippen molar-refractivity contribution in [3.8, 4) is 16.6 Å². The van der Waals surface area contributed by atoms with Gasteiger partial charge in [-0.05, 0) is 37.8 Å². The molecule has 3 heterocycles. The summed E-state index contributed by atoms with van der Waals surface area (Å²) in [5.74, 6) is -0.411. The van der Waals surface area contributed by atoms with E-state index in [1.54, 1.807) is 28.3 Å². The Morgan fingerprint density at radius 3 is 3.00 bits per heavy atom. The third kappa shape index (κ3) is 3.54. The van der Waals surface area contributed by atoms with Crippen LogP contribution in [-0.2, 0) is 4.74 Å². The van der Waals surface area contributed by atoms with E-state index in [9.17, 15) is 4.79 Å². The molecule has 0 amide bonds. The van der Waals surface area contributed by atoms with Crippen LogP contribution in [-0.4, -0.2) is 27.3 Å². The SMILES string of the molecule is CC(C)n1ncc2c(C(=O)OCCCC#N)cc(-c3cccs3)nc21. The van der Waals surface area contributed by atoms with E-state index in [4.69, 9.17) is 15.0 Å². The first-order valence-corrected chi connectivity index (χ1v) is 8.96. The molecule has 0 radical (unpaired) electrons. The van der Waals surface area contributed by atoms with Crippen LogP contribution in [0.4, 0.5) is 0 Å². The van der Waals surface area contributed by atoms with E-state index in [2.05, 4.69) is 5.10 Å². The molecule has 0 fully saturated rings. The van der Waals surface area contributed by atoms with E-state index in [0.29, 0.717) is 29.4 Å². The number of rotatable bonds is 6. The van der Waals surface area contributed by atoms with Crippen LogP contribution in [0.2, 0.25) is 0 Å². The molecule has 3 aromatic heterocycles. The zero-order valence-corrected chi connectivity index (χ0v) is 14.9. The number of nitriles is 1. The molecule has 6 nitrogen and oxygen atoms in total. The summed E-state index contributed by atoms with van der Waals surface area (Å²) in [6.07, 6.45) is 2.55. The lowest BCUT2D eigenvalue weighted by Crippen LogP contribution is -2.09. The molecule has 0 saturated carbocycles. The van der Waals surface area contributed by atoms with E-state index in [0.717, 1.165) is 10.6 Å². The lowest BCUT2D eigenvalue weighted by Gasteiger charge is -2.10. The first kappa shape index (κ1) is 17.1. The van der Waals surface area contributed by atoms with Gasteiger partial charge in [-0.2, -0.15) is 10.4 Å². The van der Waals surface area contributed by atoms with Crippen molar-refractivity contribution in [3.63, 3.8) is 0 Å². The van der Waals surface area contributed by atoms with Gasteiger partial charge in [-0.3, -0.25) is 0 Å². The lowest BCUT2D eigenvalue weighted by molar-refractivity contribution is 0.0504. The highest BCUT2D eigenvalue weighted by Crippen LogP contribution is 2.29. The van der Waals surface area contributed by atoms with E-state index >= 15 is 0 Å². The van der Waals surface area contributed by atoms with Crippen LogP contribution in [0.5, 0.6) is 0 Å². The van der Waals surface area contributed by atoms with Crippen LogP contribution in [0.3, 0.4) is 0 Å². The largest absolute Gasteiger partial charge is 0.462 e. The highest BCUT2D eigenvalue weighted by atomic mass is 32.1. The fourth-order valence-electron chi connectivity index (χ4n) is 2.51. The third-order valence-corrected chi connectivity index (χ3v) is 4.61. The Bertz CT molecular complexity index is 923. The second-order valence-corrected chi connectivity index (χ2v) is 6.80. The summed E-state index contributed by atoms with van der Waals surface area (Å²) in [6.45, 7) is 4.26. The molecule has 128 valence electrons. The van der Waals surface area contributed by atoms with Gasteiger partial charge in [0.2, 0.25) is 0 Å². The average Bonchev–Trinajstić information content (AvgIpc) is 3.26. The van der Waals surface area contributed by atoms with Crippen LogP contribution >= 0.6 is 11.3 Å². The average molecular weight is 354 g/mol. The van der Waals surface area contributed by atoms with Gasteiger partial charge in [-0.1, -0.05) is 6.07 Å². The van der Waals surface area contributed by atoms with Crippen LogP contribution in [0.25, 0.3) is 21.6 Å². The molecule has 0 bridgehead atoms. The maximum Gasteiger partial charge on any atom is 0.339 e. The molecular weight excluding hydrogens is 336 g/mol. The second kappa shape index (κ2) is 7.45. The highest BCUT2D eigenvalue weighted by Gasteiger charge is 2.19. The van der Waals surface area contributed by atoms with Gasteiger partial charge in [-0.25, -0.2) is 14.5 Å². The number of unbranched alkanes of at least 4 members (excludes halogenated alkanes) is 1. The van der Waals surface area contributed by atoms with Gasteiger partial charge >= 0.3 is 5.97 Å². The number of thiophene rings is 1. The van der Waals surface area contributed by atoms with E-state index < -0.39 is 5.97 Å². The Balaban J connectivity index is 2.04. The molecule has 0 unspecified atom stereocenters. The Morgan fingerprint density at radius 2 is 2.32 bits per heavy atom. The predicted octanol–water partition coefficient (Wildman–Crippen LogP) is 4.20. The minimum Gasteiger partial charge on any atom is -0.462 e. The zero-order chi connectivity index (χ0) is 17.8. The highest BCUT2D eigenvalue weighted by molar-refractivity contribution is 7.13. The van der Waals surface area contributed by atoms with Gasteiger partial charge in [0, 0.05) is 12.5 Å². The minimum absolute atomic E-state index is 0.128. The van der Waals surface area contributed by atoms with Crippen molar-refractivity contribution in [1.82, 2.24) is 14.8 Å². The van der Waals surface area contributed by atoms with Crippen molar-refractivity contribution in [1.29, 1.82) is 5.26 Å². The number of fused-ring (bicyclic) bond motifs is 1. The molecule has 0 aromatic carbocycles. The number of carbonyl (C=O) groups is 1. The smallest absolute Gasteiger partial charge is 0.339 e. The summed E-state index contributed by atoms with van der Waals surface area (Å²) < 4.78 is 7.13. The number of aromatic nitrogens is 3. The Kier molecular flexibility index (Phi) is 5.10. The van der Waals surface area contributed by atoms with Gasteiger partial charge in [-0.15, -0.1) is 11.3 Å². The molecule has 0 aliphatic rings. The molecule has 0 aliphatic carbocycles. The molecule has 0 N–H and O–H groups in total. The van der Waals surface area contributed by atoms with Crippen LogP contribution in [0.1, 0.15) is 43.1 Å². The van der Waals surface area contributed by atoms with Crippen molar-refractivity contribution >= 4 is 28.3 Å². The summed E-state index contributed by atoms with van der Waals surface area (Å²) in [5, 5.41) is 15.6. The number of carbonyl (C=O) groups excluding carboxylic acids is 1. The van der Waals surface area contributed by atoms with E-state index in [1.165, 1.54) is 0 Å². The molecule has 3 aromatic rings. The number of nitrogens with zero attached hydrogens (tertiary/aromatic N) is 4. The molecule has 0 aliphatic heterocycles. The van der Waals surface area contributed by atoms with E-state index in [-0.39, 0.29) is 12.6 Å². The molecule has 25 heavy (non-hydrogen) atoms. The van der Waals surface area contributed by atoms with Crippen molar-refractivity contribution in [3.05, 3.63) is 35.3 Å². The van der Waals surface area contributed by atoms with Gasteiger partial charge < -0.3 is 4.74 Å².